The van der Waals surface area contributed by atoms with Gasteiger partial charge >= 0.3 is 0 Å². The largest absolute Gasteiger partial charge is 0.366 e. The molecule has 3 rings (SSSR count). The van der Waals surface area contributed by atoms with Crippen molar-refractivity contribution in [1.29, 1.82) is 0 Å². The molecule has 0 saturated carbocycles. The number of thiophene rings is 1. The lowest BCUT2D eigenvalue weighted by Gasteiger charge is -2.35. The number of carbonyl (C=O) groups is 3. The van der Waals surface area contributed by atoms with Crippen LogP contribution in [0.3, 0.4) is 0 Å². The first-order valence-corrected chi connectivity index (χ1v) is 10.4. The number of aromatic nitrogens is 1. The Morgan fingerprint density at radius 1 is 1.31 bits per heavy atom. The summed E-state index contributed by atoms with van der Waals surface area (Å²) < 4.78 is 0. The van der Waals surface area contributed by atoms with E-state index in [2.05, 4.69) is 15.6 Å². The summed E-state index contributed by atoms with van der Waals surface area (Å²) in [6.45, 7) is 4.91. The van der Waals surface area contributed by atoms with Crippen molar-refractivity contribution in [3.63, 3.8) is 0 Å². The zero-order valence-corrected chi connectivity index (χ0v) is 17.3. The number of carbonyl (C=O) groups excluding carboxylic acids is 3. The van der Waals surface area contributed by atoms with Crippen LogP contribution in [0.1, 0.15) is 35.7 Å². The number of anilines is 2. The highest BCUT2D eigenvalue weighted by Crippen LogP contribution is 2.25. The molecule has 3 heterocycles. The number of piperidine rings is 1. The molecule has 0 spiro atoms. The lowest BCUT2D eigenvalue weighted by atomic mass is 9.95. The number of hydrogen-bond donors (Lipinski definition) is 3. The Kier molecular flexibility index (Phi) is 6.60. The van der Waals surface area contributed by atoms with Crippen LogP contribution < -0.4 is 16.4 Å². The molecule has 3 amide bonds. The number of likely N-dealkylation sites (tertiary alicyclic amines) is 1. The Morgan fingerprint density at radius 2 is 2.10 bits per heavy atom. The minimum atomic E-state index is -0.575. The molecule has 29 heavy (non-hydrogen) atoms. The number of hydrogen-bond acceptors (Lipinski definition) is 6. The number of pyridine rings is 1. The monoisotopic (exact) mass is 415 g/mol. The van der Waals surface area contributed by atoms with Crippen LogP contribution in [-0.2, 0) is 9.59 Å². The van der Waals surface area contributed by atoms with Crippen LogP contribution in [-0.4, -0.2) is 46.7 Å². The molecule has 1 aliphatic heterocycles. The summed E-state index contributed by atoms with van der Waals surface area (Å²) in [4.78, 5) is 43.0. The highest BCUT2D eigenvalue weighted by atomic mass is 32.1. The van der Waals surface area contributed by atoms with Gasteiger partial charge < -0.3 is 16.4 Å². The number of nitrogens with one attached hydrogen (secondary N) is 2. The average molecular weight is 416 g/mol. The number of aryl methyl sites for hydroxylation is 1. The summed E-state index contributed by atoms with van der Waals surface area (Å²) in [5.74, 6) is -0.538. The Balaban J connectivity index is 1.61. The summed E-state index contributed by atoms with van der Waals surface area (Å²) in [5.41, 5.74) is 6.54. The number of amides is 3. The second kappa shape index (κ2) is 9.15. The number of nitrogens with zero attached hydrogens (tertiary/aromatic N) is 2. The minimum Gasteiger partial charge on any atom is -0.366 e. The van der Waals surface area contributed by atoms with Crippen molar-refractivity contribution >= 4 is 39.9 Å². The van der Waals surface area contributed by atoms with Gasteiger partial charge in [0.15, 0.2) is 0 Å². The first-order valence-electron chi connectivity index (χ1n) is 9.51. The van der Waals surface area contributed by atoms with E-state index in [4.69, 9.17) is 5.73 Å². The number of rotatable bonds is 6. The summed E-state index contributed by atoms with van der Waals surface area (Å²) in [6.07, 6.45) is 3.23. The minimum absolute atomic E-state index is 0.0848. The van der Waals surface area contributed by atoms with Crippen LogP contribution in [0.15, 0.2) is 29.8 Å². The molecule has 1 aliphatic rings. The summed E-state index contributed by atoms with van der Waals surface area (Å²) in [5, 5.41) is 7.84. The van der Waals surface area contributed by atoms with Crippen LogP contribution in [0.5, 0.6) is 0 Å². The van der Waals surface area contributed by atoms with E-state index in [1.54, 1.807) is 24.6 Å². The van der Waals surface area contributed by atoms with Gasteiger partial charge in [-0.25, -0.2) is 4.98 Å². The van der Waals surface area contributed by atoms with E-state index < -0.39 is 11.9 Å². The van der Waals surface area contributed by atoms with Gasteiger partial charge in [-0.05, 0) is 56.3 Å². The SMILES string of the molecule is Cc1cccnc1NC(=O)[C@@H]1CCCN([C@@H](C)C(=O)Nc2sccc2C(N)=O)C1. The molecule has 1 fully saturated rings. The molecule has 0 bridgehead atoms. The topological polar surface area (TPSA) is 117 Å². The van der Waals surface area contributed by atoms with E-state index in [-0.39, 0.29) is 17.7 Å². The molecule has 8 nitrogen and oxygen atoms in total. The van der Waals surface area contributed by atoms with Crippen molar-refractivity contribution in [3.8, 4) is 0 Å². The Hall–Kier alpha value is -2.78. The smallest absolute Gasteiger partial charge is 0.251 e. The highest BCUT2D eigenvalue weighted by molar-refractivity contribution is 7.14. The van der Waals surface area contributed by atoms with Gasteiger partial charge in [0.1, 0.15) is 10.8 Å². The van der Waals surface area contributed by atoms with Gasteiger partial charge in [0.25, 0.3) is 5.91 Å². The van der Waals surface area contributed by atoms with Crippen molar-refractivity contribution in [2.24, 2.45) is 11.7 Å². The second-order valence-corrected chi connectivity index (χ2v) is 8.10. The maximum atomic E-state index is 12.7. The van der Waals surface area contributed by atoms with Gasteiger partial charge in [-0.15, -0.1) is 11.3 Å². The quantitative estimate of drug-likeness (QED) is 0.669. The molecule has 0 unspecified atom stereocenters. The molecule has 2 aromatic heterocycles. The fourth-order valence-electron chi connectivity index (χ4n) is 3.39. The molecule has 2 aromatic rings. The number of primary amides is 1. The maximum Gasteiger partial charge on any atom is 0.251 e. The zero-order chi connectivity index (χ0) is 21.0. The normalized spacial score (nSPS) is 18.1. The van der Waals surface area contributed by atoms with E-state index >= 15 is 0 Å². The molecule has 0 aromatic carbocycles. The third kappa shape index (κ3) is 4.99. The predicted molar refractivity (Wildman–Crippen MR) is 113 cm³/mol. The first kappa shape index (κ1) is 20.9. The van der Waals surface area contributed by atoms with Gasteiger partial charge in [-0.2, -0.15) is 0 Å². The predicted octanol–water partition coefficient (Wildman–Crippen LogP) is 2.23. The van der Waals surface area contributed by atoms with Crippen LogP contribution in [0.25, 0.3) is 0 Å². The van der Waals surface area contributed by atoms with Gasteiger partial charge in [-0.1, -0.05) is 6.07 Å². The van der Waals surface area contributed by atoms with Crippen molar-refractivity contribution in [3.05, 3.63) is 40.9 Å². The summed E-state index contributed by atoms with van der Waals surface area (Å²) in [6, 6.07) is 4.87. The first-order chi connectivity index (χ1) is 13.9. The lowest BCUT2D eigenvalue weighted by Crippen LogP contribution is -2.49. The van der Waals surface area contributed by atoms with E-state index in [0.29, 0.717) is 22.9 Å². The van der Waals surface area contributed by atoms with E-state index in [0.717, 1.165) is 24.9 Å². The third-order valence-corrected chi connectivity index (χ3v) is 6.00. The Labute approximate surface area is 173 Å². The Bertz CT molecular complexity index is 913. The lowest BCUT2D eigenvalue weighted by molar-refractivity contribution is -0.125. The molecular weight excluding hydrogens is 390 g/mol. The van der Waals surface area contributed by atoms with Crippen molar-refractivity contribution in [2.45, 2.75) is 32.7 Å². The maximum absolute atomic E-state index is 12.7. The highest BCUT2D eigenvalue weighted by Gasteiger charge is 2.31. The third-order valence-electron chi connectivity index (χ3n) is 5.17. The standard InChI is InChI=1S/C20H25N5O3S/c1-12-5-3-8-22-17(12)23-19(28)14-6-4-9-25(11-14)13(2)18(27)24-20-15(16(21)26)7-10-29-20/h3,5,7-8,10,13-14H,4,6,9,11H2,1-2H3,(H2,21,26)(H,24,27)(H,22,23,28)/t13-,14+/m0/s1. The van der Waals surface area contributed by atoms with Crippen LogP contribution >= 0.6 is 11.3 Å². The molecule has 154 valence electrons. The molecule has 1 saturated heterocycles. The van der Waals surface area contributed by atoms with E-state index in [9.17, 15) is 14.4 Å². The fourth-order valence-corrected chi connectivity index (χ4v) is 4.19. The summed E-state index contributed by atoms with van der Waals surface area (Å²) in [7, 11) is 0. The van der Waals surface area contributed by atoms with Crippen LogP contribution in [0.4, 0.5) is 10.8 Å². The second-order valence-electron chi connectivity index (χ2n) is 7.19. The molecule has 0 radical (unpaired) electrons. The molecular formula is C20H25N5O3S. The van der Waals surface area contributed by atoms with E-state index in [1.807, 2.05) is 24.0 Å². The van der Waals surface area contributed by atoms with E-state index in [1.165, 1.54) is 11.3 Å². The number of nitrogens with two attached hydrogens (primary N) is 1. The molecule has 4 N–H and O–H groups in total. The molecule has 2 atom stereocenters. The van der Waals surface area contributed by atoms with Gasteiger partial charge in [0.05, 0.1) is 17.5 Å². The van der Waals surface area contributed by atoms with Gasteiger partial charge in [0, 0.05) is 12.7 Å². The van der Waals surface area contributed by atoms with Gasteiger partial charge in [-0.3, -0.25) is 19.3 Å². The summed E-state index contributed by atoms with van der Waals surface area (Å²) >= 11 is 1.26. The van der Waals surface area contributed by atoms with Gasteiger partial charge in [0.2, 0.25) is 11.8 Å². The van der Waals surface area contributed by atoms with Crippen molar-refractivity contribution in [2.75, 3.05) is 23.7 Å². The molecule has 9 heteroatoms. The Morgan fingerprint density at radius 3 is 2.83 bits per heavy atom. The van der Waals surface area contributed by atoms with Crippen LogP contribution in [0, 0.1) is 12.8 Å². The molecule has 0 aliphatic carbocycles. The fraction of sp³-hybridized carbons (Fsp3) is 0.400. The van der Waals surface area contributed by atoms with Crippen molar-refractivity contribution in [1.82, 2.24) is 9.88 Å². The van der Waals surface area contributed by atoms with Crippen molar-refractivity contribution < 1.29 is 14.4 Å². The average Bonchev–Trinajstić information content (AvgIpc) is 3.17. The van der Waals surface area contributed by atoms with Crippen LogP contribution in [0.2, 0.25) is 0 Å². The zero-order valence-electron chi connectivity index (χ0n) is 16.5.